The van der Waals surface area contributed by atoms with Gasteiger partial charge in [-0.25, -0.2) is 0 Å². The number of hydrogen-bond acceptors (Lipinski definition) is 2. The topological polar surface area (TPSA) is 18.5 Å². The number of unbranched alkanes of at least 4 members (excludes halogenated alkanes) is 18. The Morgan fingerprint density at radius 2 is 0.891 bits per heavy atom. The molecule has 0 radical (unpaired) electrons. The van der Waals surface area contributed by atoms with Gasteiger partial charge in [-0.3, -0.25) is 0 Å². The zero-order valence-electron chi connectivity index (χ0n) is 31.0. The van der Waals surface area contributed by atoms with E-state index in [0.29, 0.717) is 6.10 Å². The van der Waals surface area contributed by atoms with Crippen molar-refractivity contribution >= 4 is 0 Å². The molecule has 2 saturated heterocycles. The zero-order valence-corrected chi connectivity index (χ0v) is 31.0. The molecule has 0 spiro atoms. The molecule has 2 fully saturated rings. The van der Waals surface area contributed by atoms with Crippen molar-refractivity contribution in [1.82, 2.24) is 0 Å². The van der Waals surface area contributed by atoms with Crippen molar-refractivity contribution in [2.24, 2.45) is 5.92 Å². The quantitative estimate of drug-likeness (QED) is 0.0575. The van der Waals surface area contributed by atoms with Gasteiger partial charge in [0.1, 0.15) is 0 Å². The van der Waals surface area contributed by atoms with Crippen molar-refractivity contribution in [2.45, 2.75) is 212 Å². The Morgan fingerprint density at radius 1 is 0.478 bits per heavy atom. The summed E-state index contributed by atoms with van der Waals surface area (Å²) in [5.74, 6) is 0.733. The van der Waals surface area contributed by atoms with E-state index in [1.807, 2.05) is 0 Å². The maximum absolute atomic E-state index is 6.98. The Morgan fingerprint density at radius 3 is 1.37 bits per heavy atom. The van der Waals surface area contributed by atoms with Gasteiger partial charge in [-0.15, -0.1) is 0 Å². The molecule has 2 rings (SSSR count). The van der Waals surface area contributed by atoms with Gasteiger partial charge in [0, 0.05) is 13.2 Å². The number of rotatable bonds is 30. The molecule has 0 aromatic rings. The maximum atomic E-state index is 6.98. The third kappa shape index (κ3) is 21.7. The molecular weight excluding hydrogens is 560 g/mol. The average Bonchev–Trinajstić information content (AvgIpc) is 3.26. The fourth-order valence-electron chi connectivity index (χ4n) is 7.51. The molecule has 0 bridgehead atoms. The lowest BCUT2D eigenvalue weighted by Crippen LogP contribution is -2.29. The molecule has 2 heteroatoms. The molecule has 2 nitrogen and oxygen atoms in total. The van der Waals surface area contributed by atoms with Crippen LogP contribution in [0.3, 0.4) is 0 Å². The van der Waals surface area contributed by atoms with E-state index < -0.39 is 0 Å². The van der Waals surface area contributed by atoms with Crippen LogP contribution >= 0.6 is 0 Å². The summed E-state index contributed by atoms with van der Waals surface area (Å²) in [6.07, 6.45) is 57.4. The molecule has 0 aromatic heterocycles. The van der Waals surface area contributed by atoms with Gasteiger partial charge in [-0.05, 0) is 102 Å². The molecule has 2 aliphatic rings. The van der Waals surface area contributed by atoms with Crippen molar-refractivity contribution in [3.05, 3.63) is 48.6 Å². The Balaban J connectivity index is 1.53. The number of allylic oxidation sites excluding steroid dienone is 8. The van der Waals surface area contributed by atoms with Crippen LogP contribution in [-0.2, 0) is 9.47 Å². The Labute approximate surface area is 288 Å². The third-order valence-electron chi connectivity index (χ3n) is 10.4. The number of hydrogen-bond donors (Lipinski definition) is 0. The van der Waals surface area contributed by atoms with Crippen molar-refractivity contribution in [1.29, 1.82) is 0 Å². The largest absolute Gasteiger partial charge is 0.381 e. The summed E-state index contributed by atoms with van der Waals surface area (Å²) in [6, 6.07) is 0. The molecule has 0 unspecified atom stereocenters. The van der Waals surface area contributed by atoms with Gasteiger partial charge >= 0.3 is 0 Å². The summed E-state index contributed by atoms with van der Waals surface area (Å²) in [5.41, 5.74) is 0.164. The predicted octanol–water partition coefficient (Wildman–Crippen LogP) is 14.3. The van der Waals surface area contributed by atoms with Crippen LogP contribution in [0.4, 0.5) is 0 Å². The first kappa shape index (κ1) is 41.1. The summed E-state index contributed by atoms with van der Waals surface area (Å²) in [7, 11) is 0. The van der Waals surface area contributed by atoms with Crippen molar-refractivity contribution in [3.63, 3.8) is 0 Å². The molecule has 0 aromatic carbocycles. The number of fused-ring (bicyclic) bond motifs is 1. The molecule has 0 amide bonds. The van der Waals surface area contributed by atoms with E-state index in [9.17, 15) is 0 Å². The SMILES string of the molecule is CCCCC/C=C\C/C=C\CCCCCCCCC1(CCCCCCCC/C=C\C/C=C\CCCCC)C[C@H]2CCOCC[C@@H]2O1. The predicted molar refractivity (Wildman–Crippen MR) is 204 cm³/mol. The van der Waals surface area contributed by atoms with Crippen LogP contribution in [0.2, 0.25) is 0 Å². The summed E-state index contributed by atoms with van der Waals surface area (Å²) in [4.78, 5) is 0. The minimum Gasteiger partial charge on any atom is -0.381 e. The van der Waals surface area contributed by atoms with E-state index >= 15 is 0 Å². The smallest absolute Gasteiger partial charge is 0.0690 e. The van der Waals surface area contributed by atoms with Crippen LogP contribution in [0, 0.1) is 5.92 Å². The lowest BCUT2D eigenvalue weighted by Gasteiger charge is -2.30. The molecule has 2 heterocycles. The van der Waals surface area contributed by atoms with Crippen LogP contribution in [0.25, 0.3) is 0 Å². The molecule has 0 aliphatic carbocycles. The number of ether oxygens (including phenoxy) is 2. The van der Waals surface area contributed by atoms with Gasteiger partial charge in [0.05, 0.1) is 11.7 Å². The van der Waals surface area contributed by atoms with Gasteiger partial charge in [-0.1, -0.05) is 152 Å². The second-order valence-corrected chi connectivity index (χ2v) is 14.7. The third-order valence-corrected chi connectivity index (χ3v) is 10.4. The maximum Gasteiger partial charge on any atom is 0.0690 e. The van der Waals surface area contributed by atoms with E-state index in [1.54, 1.807) is 0 Å². The molecular formula is C44H78O2. The second-order valence-electron chi connectivity index (χ2n) is 14.7. The zero-order chi connectivity index (χ0) is 32.6. The molecule has 2 atom stereocenters. The van der Waals surface area contributed by atoms with Crippen molar-refractivity contribution < 1.29 is 9.47 Å². The highest BCUT2D eigenvalue weighted by Crippen LogP contribution is 2.45. The lowest BCUT2D eigenvalue weighted by molar-refractivity contribution is -0.0631. The van der Waals surface area contributed by atoms with Crippen LogP contribution in [-0.4, -0.2) is 24.9 Å². The first-order chi connectivity index (χ1) is 22.8. The lowest BCUT2D eigenvalue weighted by atomic mass is 9.82. The van der Waals surface area contributed by atoms with E-state index in [-0.39, 0.29) is 5.60 Å². The summed E-state index contributed by atoms with van der Waals surface area (Å²) < 4.78 is 12.8. The normalized spacial score (nSPS) is 20.1. The second kappa shape index (κ2) is 30.0. The van der Waals surface area contributed by atoms with Gasteiger partial charge in [0.15, 0.2) is 0 Å². The highest BCUT2D eigenvalue weighted by molar-refractivity contribution is 4.95. The molecule has 0 saturated carbocycles. The van der Waals surface area contributed by atoms with Crippen LogP contribution in [0.15, 0.2) is 48.6 Å². The van der Waals surface area contributed by atoms with E-state index in [1.165, 1.54) is 167 Å². The van der Waals surface area contributed by atoms with E-state index in [4.69, 9.17) is 9.47 Å². The van der Waals surface area contributed by atoms with Gasteiger partial charge in [0.2, 0.25) is 0 Å². The molecule has 46 heavy (non-hydrogen) atoms. The molecule has 0 N–H and O–H groups in total. The highest BCUT2D eigenvalue weighted by atomic mass is 16.5. The fourth-order valence-corrected chi connectivity index (χ4v) is 7.51. The fraction of sp³-hybridized carbons (Fsp3) is 0.818. The van der Waals surface area contributed by atoms with Gasteiger partial charge in [0.25, 0.3) is 0 Å². The molecule has 266 valence electrons. The highest BCUT2D eigenvalue weighted by Gasteiger charge is 2.45. The van der Waals surface area contributed by atoms with Crippen LogP contribution in [0.1, 0.15) is 200 Å². The first-order valence-electron chi connectivity index (χ1n) is 20.6. The summed E-state index contributed by atoms with van der Waals surface area (Å²) in [5, 5.41) is 0. The first-order valence-corrected chi connectivity index (χ1v) is 20.6. The van der Waals surface area contributed by atoms with Crippen LogP contribution in [0.5, 0.6) is 0 Å². The summed E-state index contributed by atoms with van der Waals surface area (Å²) in [6.45, 7) is 6.38. The standard InChI is InChI=1S/C44H78O2/c1-3-5-7-9-11-13-15-17-19-21-23-25-27-29-31-33-37-44(41-42-35-39-45-40-36-43(42)46-44)38-34-32-30-28-26-24-22-20-18-16-14-12-10-8-6-4-2/h11-14,17-20,42-43H,3-10,15-16,21-41H2,1-2H3/b13-11-,14-12-,19-17-,20-18-/t42-,43+/m1/s1. The minimum atomic E-state index is 0.164. The monoisotopic (exact) mass is 639 g/mol. The minimum absolute atomic E-state index is 0.164. The Hall–Kier alpha value is -1.12. The van der Waals surface area contributed by atoms with E-state index in [0.717, 1.165) is 38.4 Å². The summed E-state index contributed by atoms with van der Waals surface area (Å²) >= 11 is 0. The molecule has 2 aliphatic heterocycles. The Kier molecular flexibility index (Phi) is 26.8. The van der Waals surface area contributed by atoms with Crippen LogP contribution < -0.4 is 0 Å². The average molecular weight is 639 g/mol. The van der Waals surface area contributed by atoms with Gasteiger partial charge < -0.3 is 9.47 Å². The van der Waals surface area contributed by atoms with Crippen molar-refractivity contribution in [2.75, 3.05) is 13.2 Å². The van der Waals surface area contributed by atoms with Crippen molar-refractivity contribution in [3.8, 4) is 0 Å². The van der Waals surface area contributed by atoms with Gasteiger partial charge in [-0.2, -0.15) is 0 Å². The van der Waals surface area contributed by atoms with E-state index in [2.05, 4.69) is 62.5 Å². The Bertz CT molecular complexity index is 713.